The third-order valence-corrected chi connectivity index (χ3v) is 3.81. The van der Waals surface area contributed by atoms with Crippen molar-refractivity contribution in [1.29, 1.82) is 0 Å². The van der Waals surface area contributed by atoms with Crippen molar-refractivity contribution >= 4 is 11.8 Å². The van der Waals surface area contributed by atoms with E-state index in [1.807, 2.05) is 0 Å². The number of hydrogen-bond donors (Lipinski definition) is 2. The van der Waals surface area contributed by atoms with Crippen molar-refractivity contribution in [3.63, 3.8) is 0 Å². The van der Waals surface area contributed by atoms with Gasteiger partial charge >= 0.3 is 0 Å². The quantitative estimate of drug-likeness (QED) is 0.846. The molecule has 6 nitrogen and oxygen atoms in total. The number of piperidine rings is 1. The van der Waals surface area contributed by atoms with E-state index in [1.165, 1.54) is 4.90 Å². The van der Waals surface area contributed by atoms with Crippen LogP contribution in [0.5, 0.6) is 5.75 Å². The molecule has 0 atom stereocenters. The highest BCUT2D eigenvalue weighted by Crippen LogP contribution is 2.29. The molecule has 22 heavy (non-hydrogen) atoms. The number of carbonyl (C=O) groups excluding carboxylic acids is 2. The molecule has 0 aromatic heterocycles. The number of nitrogens with zero attached hydrogens (tertiary/aromatic N) is 1. The number of carbonyl (C=O) groups is 2. The number of hydrogen-bond acceptors (Lipinski definition) is 4. The Morgan fingerprint density at radius 3 is 2.32 bits per heavy atom. The van der Waals surface area contributed by atoms with E-state index < -0.39 is 40.4 Å². The molecule has 2 amide bonds. The van der Waals surface area contributed by atoms with Gasteiger partial charge in [-0.3, -0.25) is 9.59 Å². The molecule has 2 rings (SSSR count). The van der Waals surface area contributed by atoms with Gasteiger partial charge < -0.3 is 20.5 Å². The maximum atomic E-state index is 13.9. The van der Waals surface area contributed by atoms with Crippen LogP contribution in [0.3, 0.4) is 0 Å². The summed E-state index contributed by atoms with van der Waals surface area (Å²) in [6, 6.07) is 1.71. The van der Waals surface area contributed by atoms with E-state index in [0.29, 0.717) is 0 Å². The van der Waals surface area contributed by atoms with Crippen LogP contribution in [0.2, 0.25) is 0 Å². The molecule has 1 heterocycles. The van der Waals surface area contributed by atoms with Crippen LogP contribution in [0.4, 0.5) is 8.78 Å². The van der Waals surface area contributed by atoms with Crippen LogP contribution in [-0.4, -0.2) is 47.6 Å². The van der Waals surface area contributed by atoms with Crippen molar-refractivity contribution < 1.29 is 28.2 Å². The van der Waals surface area contributed by atoms with Crippen LogP contribution in [0.25, 0.3) is 0 Å². The summed E-state index contributed by atoms with van der Waals surface area (Å²) in [5.74, 6) is -3.85. The Morgan fingerprint density at radius 1 is 1.27 bits per heavy atom. The molecule has 1 saturated heterocycles. The lowest BCUT2D eigenvalue weighted by Gasteiger charge is -2.36. The van der Waals surface area contributed by atoms with Crippen LogP contribution in [0, 0.1) is 11.6 Å². The van der Waals surface area contributed by atoms with Crippen LogP contribution >= 0.6 is 0 Å². The van der Waals surface area contributed by atoms with Crippen molar-refractivity contribution in [1.82, 2.24) is 4.90 Å². The van der Waals surface area contributed by atoms with Gasteiger partial charge in [0.1, 0.15) is 17.0 Å². The second-order valence-electron chi connectivity index (χ2n) is 5.13. The van der Waals surface area contributed by atoms with Crippen LogP contribution in [0.1, 0.15) is 23.2 Å². The molecule has 0 bridgehead atoms. The second kappa shape index (κ2) is 5.88. The zero-order valence-corrected chi connectivity index (χ0v) is 11.9. The molecule has 120 valence electrons. The first kappa shape index (κ1) is 16.2. The van der Waals surface area contributed by atoms with Crippen molar-refractivity contribution in [2.75, 3.05) is 20.2 Å². The van der Waals surface area contributed by atoms with Gasteiger partial charge in [-0.25, -0.2) is 8.78 Å². The van der Waals surface area contributed by atoms with Gasteiger partial charge in [0.15, 0.2) is 11.6 Å². The van der Waals surface area contributed by atoms with E-state index in [9.17, 15) is 23.5 Å². The fraction of sp³-hybridized carbons (Fsp3) is 0.429. The van der Waals surface area contributed by atoms with Gasteiger partial charge in [-0.15, -0.1) is 0 Å². The smallest absolute Gasteiger partial charge is 0.260 e. The summed E-state index contributed by atoms with van der Waals surface area (Å²) >= 11 is 0. The van der Waals surface area contributed by atoms with Gasteiger partial charge in [0, 0.05) is 25.9 Å². The Labute approximate surface area is 125 Å². The molecule has 0 aliphatic carbocycles. The van der Waals surface area contributed by atoms with Gasteiger partial charge in [-0.2, -0.15) is 0 Å². The standard InChI is InChI=1S/C14H16F2N2O4/c1-22-11-9(16)3-2-8(15)10(11)12(19)18-6-4-14(21,5-7-18)13(17)20/h2-3,21H,4-7H2,1H3,(H2,17,20). The number of rotatable bonds is 3. The molecule has 0 spiro atoms. The Kier molecular flexibility index (Phi) is 4.32. The summed E-state index contributed by atoms with van der Waals surface area (Å²) in [6.45, 7) is -0.00520. The van der Waals surface area contributed by atoms with E-state index in [2.05, 4.69) is 0 Å². The number of primary amides is 1. The molecule has 3 N–H and O–H groups in total. The average molecular weight is 314 g/mol. The Morgan fingerprint density at radius 2 is 1.82 bits per heavy atom. The zero-order chi connectivity index (χ0) is 16.5. The number of amides is 2. The number of nitrogens with two attached hydrogens (primary N) is 1. The molecule has 1 aliphatic rings. The molecule has 8 heteroatoms. The first-order chi connectivity index (χ1) is 10.3. The molecular formula is C14H16F2N2O4. The maximum Gasteiger partial charge on any atom is 0.260 e. The van der Waals surface area contributed by atoms with E-state index in [-0.39, 0.29) is 25.9 Å². The number of likely N-dealkylation sites (tertiary alicyclic amines) is 1. The first-order valence-corrected chi connectivity index (χ1v) is 6.63. The lowest BCUT2D eigenvalue weighted by Crippen LogP contribution is -2.53. The topological polar surface area (TPSA) is 92.9 Å². The van der Waals surface area contributed by atoms with Gasteiger partial charge in [0.05, 0.1) is 7.11 Å². The normalized spacial score (nSPS) is 17.2. The fourth-order valence-corrected chi connectivity index (χ4v) is 2.42. The average Bonchev–Trinajstić information content (AvgIpc) is 2.49. The maximum absolute atomic E-state index is 13.9. The van der Waals surface area contributed by atoms with Crippen LogP contribution in [0.15, 0.2) is 12.1 Å². The minimum absolute atomic E-state index is 0.00260. The van der Waals surface area contributed by atoms with E-state index in [4.69, 9.17) is 10.5 Å². The summed E-state index contributed by atoms with van der Waals surface area (Å²) in [5.41, 5.74) is 2.92. The highest BCUT2D eigenvalue weighted by Gasteiger charge is 2.39. The summed E-state index contributed by atoms with van der Waals surface area (Å²) in [5, 5.41) is 9.95. The lowest BCUT2D eigenvalue weighted by molar-refractivity contribution is -0.140. The van der Waals surface area contributed by atoms with Crippen molar-refractivity contribution in [3.8, 4) is 5.75 Å². The summed E-state index contributed by atoms with van der Waals surface area (Å²) in [6.07, 6.45) is -0.124. The third kappa shape index (κ3) is 2.74. The predicted molar refractivity (Wildman–Crippen MR) is 72.2 cm³/mol. The third-order valence-electron chi connectivity index (χ3n) is 3.81. The van der Waals surface area contributed by atoms with Crippen molar-refractivity contribution in [3.05, 3.63) is 29.3 Å². The Bertz CT molecular complexity index is 613. The van der Waals surface area contributed by atoms with Crippen molar-refractivity contribution in [2.24, 2.45) is 5.73 Å². The number of methoxy groups -OCH3 is 1. The number of benzene rings is 1. The fourth-order valence-electron chi connectivity index (χ4n) is 2.42. The van der Waals surface area contributed by atoms with Crippen LogP contribution in [-0.2, 0) is 4.79 Å². The predicted octanol–water partition coefficient (Wildman–Crippen LogP) is 0.426. The highest BCUT2D eigenvalue weighted by atomic mass is 19.1. The summed E-state index contributed by atoms with van der Waals surface area (Å²) in [7, 11) is 1.14. The SMILES string of the molecule is COc1c(F)ccc(F)c1C(=O)N1CCC(O)(C(N)=O)CC1. The van der Waals surface area contributed by atoms with Gasteiger partial charge in [-0.05, 0) is 12.1 Å². The summed E-state index contributed by atoms with van der Waals surface area (Å²) in [4.78, 5) is 24.8. The lowest BCUT2D eigenvalue weighted by atomic mass is 9.90. The Balaban J connectivity index is 2.24. The zero-order valence-electron chi connectivity index (χ0n) is 11.9. The Hall–Kier alpha value is -2.22. The molecule has 0 saturated carbocycles. The number of ether oxygens (including phenoxy) is 1. The minimum atomic E-state index is -1.68. The van der Waals surface area contributed by atoms with Crippen molar-refractivity contribution in [2.45, 2.75) is 18.4 Å². The molecule has 0 radical (unpaired) electrons. The molecular weight excluding hydrogens is 298 g/mol. The van der Waals surface area contributed by atoms with E-state index >= 15 is 0 Å². The second-order valence-corrected chi connectivity index (χ2v) is 5.13. The molecule has 1 aliphatic heterocycles. The van der Waals surface area contributed by atoms with Gasteiger partial charge in [0.25, 0.3) is 5.91 Å². The van der Waals surface area contributed by atoms with Gasteiger partial charge in [0.2, 0.25) is 5.91 Å². The molecule has 1 aromatic rings. The molecule has 0 unspecified atom stereocenters. The van der Waals surface area contributed by atoms with Crippen LogP contribution < -0.4 is 10.5 Å². The number of aliphatic hydroxyl groups is 1. The first-order valence-electron chi connectivity index (χ1n) is 6.63. The minimum Gasteiger partial charge on any atom is -0.493 e. The number of halogens is 2. The monoisotopic (exact) mass is 314 g/mol. The highest BCUT2D eigenvalue weighted by molar-refractivity contribution is 5.97. The molecule has 1 fully saturated rings. The molecule has 1 aromatic carbocycles. The van der Waals surface area contributed by atoms with E-state index in [1.54, 1.807) is 0 Å². The largest absolute Gasteiger partial charge is 0.493 e. The van der Waals surface area contributed by atoms with Gasteiger partial charge in [-0.1, -0.05) is 0 Å². The summed E-state index contributed by atoms with van der Waals surface area (Å²) < 4.78 is 32.3. The van der Waals surface area contributed by atoms with E-state index in [0.717, 1.165) is 19.2 Å².